The average molecular weight is 364 g/mol. The Labute approximate surface area is 157 Å². The minimum absolute atomic E-state index is 0.110. The van der Waals surface area contributed by atoms with Crippen molar-refractivity contribution < 1.29 is 23.7 Å². The number of hydrogen-bond acceptors (Lipinski definition) is 5. The second kappa shape index (κ2) is 7.19. The molecule has 138 valence electrons. The highest BCUT2D eigenvalue weighted by atomic mass is 16.5. The fraction of sp³-hybridized carbons (Fsp3) is 0.227. The van der Waals surface area contributed by atoms with Gasteiger partial charge < -0.3 is 18.9 Å². The summed E-state index contributed by atoms with van der Waals surface area (Å²) in [6, 6.07) is 15.3. The molecule has 0 saturated heterocycles. The Balaban J connectivity index is 1.79. The van der Waals surface area contributed by atoms with Gasteiger partial charge in [0.2, 0.25) is 11.5 Å². The Kier molecular flexibility index (Phi) is 4.59. The van der Waals surface area contributed by atoms with Gasteiger partial charge in [-0.25, -0.2) is 0 Å². The number of allylic oxidation sites excluding steroid dienone is 1. The van der Waals surface area contributed by atoms with Crippen molar-refractivity contribution in [2.75, 3.05) is 20.8 Å². The van der Waals surface area contributed by atoms with Crippen molar-refractivity contribution in [2.24, 2.45) is 5.92 Å². The van der Waals surface area contributed by atoms with Gasteiger partial charge in [0, 0.05) is 23.1 Å². The van der Waals surface area contributed by atoms with Crippen LogP contribution in [-0.2, 0) is 20.7 Å². The van der Waals surface area contributed by atoms with E-state index in [0.29, 0.717) is 18.1 Å². The second-order valence-electron chi connectivity index (χ2n) is 6.38. The standard InChI is InChI=1S/C22H20O5/c1-24-12-16-15-8-4-6-10-20(15)26-13-17(16)21(25-2)22-18(23)11-14-7-3-5-9-19(14)27-22/h3-10,12,17H,11,13H2,1-2H3. The number of rotatable bonds is 3. The number of benzene rings is 2. The number of fused-ring (bicyclic) bond motifs is 2. The molecule has 1 atom stereocenters. The van der Waals surface area contributed by atoms with Gasteiger partial charge in [0.25, 0.3) is 0 Å². The van der Waals surface area contributed by atoms with E-state index in [0.717, 1.165) is 22.4 Å². The van der Waals surface area contributed by atoms with Crippen LogP contribution < -0.4 is 9.47 Å². The lowest BCUT2D eigenvalue weighted by Gasteiger charge is -2.30. The van der Waals surface area contributed by atoms with Crippen LogP contribution >= 0.6 is 0 Å². The average Bonchev–Trinajstić information content (AvgIpc) is 2.70. The van der Waals surface area contributed by atoms with Crippen LogP contribution in [0.2, 0.25) is 0 Å². The van der Waals surface area contributed by atoms with Crippen LogP contribution in [0.1, 0.15) is 11.1 Å². The molecule has 0 aliphatic carbocycles. The summed E-state index contributed by atoms with van der Waals surface area (Å²) in [5.74, 6) is 1.71. The second-order valence-corrected chi connectivity index (χ2v) is 6.38. The fourth-order valence-corrected chi connectivity index (χ4v) is 3.52. The molecule has 2 aliphatic rings. The third kappa shape index (κ3) is 3.05. The molecule has 5 nitrogen and oxygen atoms in total. The van der Waals surface area contributed by atoms with Gasteiger partial charge in [-0.05, 0) is 12.1 Å². The summed E-state index contributed by atoms with van der Waals surface area (Å²) in [5, 5.41) is 0. The zero-order valence-corrected chi connectivity index (χ0v) is 15.2. The Hall–Kier alpha value is -3.21. The lowest BCUT2D eigenvalue weighted by atomic mass is 9.88. The Bertz CT molecular complexity index is 941. The van der Waals surface area contributed by atoms with Crippen molar-refractivity contribution in [2.45, 2.75) is 6.42 Å². The van der Waals surface area contributed by atoms with Gasteiger partial charge >= 0.3 is 0 Å². The van der Waals surface area contributed by atoms with E-state index in [1.54, 1.807) is 20.5 Å². The number of ether oxygens (including phenoxy) is 4. The highest BCUT2D eigenvalue weighted by molar-refractivity contribution is 5.98. The number of para-hydroxylation sites is 2. The molecule has 2 aromatic carbocycles. The summed E-state index contributed by atoms with van der Waals surface area (Å²) in [4.78, 5) is 12.8. The maximum absolute atomic E-state index is 12.8. The molecule has 1 unspecified atom stereocenters. The molecule has 0 spiro atoms. The SMILES string of the molecule is COC=C1c2ccccc2OCC1C(OC)=C1Oc2ccccc2CC1=O. The topological polar surface area (TPSA) is 54.0 Å². The first-order chi connectivity index (χ1) is 13.2. The highest BCUT2D eigenvalue weighted by Gasteiger charge is 2.36. The van der Waals surface area contributed by atoms with Crippen molar-refractivity contribution in [3.8, 4) is 11.5 Å². The Morgan fingerprint density at radius 2 is 1.81 bits per heavy atom. The summed E-state index contributed by atoms with van der Waals surface area (Å²) >= 11 is 0. The van der Waals surface area contributed by atoms with Crippen molar-refractivity contribution in [1.29, 1.82) is 0 Å². The first-order valence-corrected chi connectivity index (χ1v) is 8.75. The number of carbonyl (C=O) groups is 1. The van der Waals surface area contributed by atoms with Gasteiger partial charge in [-0.15, -0.1) is 0 Å². The quantitative estimate of drug-likeness (QED) is 0.613. The van der Waals surface area contributed by atoms with E-state index in [1.165, 1.54) is 0 Å². The largest absolute Gasteiger partial charge is 0.504 e. The minimum atomic E-state index is -0.311. The molecule has 2 heterocycles. The molecule has 0 amide bonds. The minimum Gasteiger partial charge on any atom is -0.504 e. The van der Waals surface area contributed by atoms with Crippen LogP contribution in [0.5, 0.6) is 11.5 Å². The molecule has 0 N–H and O–H groups in total. The van der Waals surface area contributed by atoms with Gasteiger partial charge in [0.15, 0.2) is 5.76 Å². The number of hydrogen-bond donors (Lipinski definition) is 0. The first-order valence-electron chi connectivity index (χ1n) is 8.75. The Morgan fingerprint density at radius 1 is 1.07 bits per heavy atom. The molecule has 0 fully saturated rings. The van der Waals surface area contributed by atoms with Gasteiger partial charge in [-0.2, -0.15) is 0 Å². The van der Waals surface area contributed by atoms with Crippen LogP contribution in [0.3, 0.4) is 0 Å². The van der Waals surface area contributed by atoms with E-state index in [-0.39, 0.29) is 23.9 Å². The molecule has 0 aromatic heterocycles. The molecule has 0 radical (unpaired) electrons. The lowest BCUT2D eigenvalue weighted by molar-refractivity contribution is -0.118. The van der Waals surface area contributed by atoms with Crippen molar-refractivity contribution in [3.63, 3.8) is 0 Å². The summed E-state index contributed by atoms with van der Waals surface area (Å²) < 4.78 is 22.8. The van der Waals surface area contributed by atoms with Crippen LogP contribution in [0.15, 0.2) is 66.3 Å². The summed E-state index contributed by atoms with van der Waals surface area (Å²) in [5.41, 5.74) is 2.67. The summed E-state index contributed by atoms with van der Waals surface area (Å²) in [7, 11) is 3.14. The van der Waals surface area contributed by atoms with Crippen molar-refractivity contribution >= 4 is 11.4 Å². The smallest absolute Gasteiger partial charge is 0.208 e. The van der Waals surface area contributed by atoms with Gasteiger partial charge in [-0.3, -0.25) is 4.79 Å². The maximum atomic E-state index is 12.8. The van der Waals surface area contributed by atoms with Gasteiger partial charge in [0.1, 0.15) is 18.1 Å². The predicted molar refractivity (Wildman–Crippen MR) is 100 cm³/mol. The molecule has 2 aliphatic heterocycles. The molecular weight excluding hydrogens is 344 g/mol. The lowest BCUT2D eigenvalue weighted by Crippen LogP contribution is -2.28. The molecule has 5 heteroatoms. The van der Waals surface area contributed by atoms with Crippen molar-refractivity contribution in [1.82, 2.24) is 0 Å². The van der Waals surface area contributed by atoms with Crippen LogP contribution in [-0.4, -0.2) is 26.6 Å². The van der Waals surface area contributed by atoms with Crippen LogP contribution in [0, 0.1) is 5.92 Å². The molecule has 27 heavy (non-hydrogen) atoms. The molecule has 2 aromatic rings. The van der Waals surface area contributed by atoms with E-state index in [9.17, 15) is 4.79 Å². The van der Waals surface area contributed by atoms with E-state index < -0.39 is 0 Å². The maximum Gasteiger partial charge on any atom is 0.208 e. The summed E-state index contributed by atoms with van der Waals surface area (Å²) in [6.07, 6.45) is 1.96. The molecule has 0 saturated carbocycles. The molecule has 4 rings (SSSR count). The zero-order valence-electron chi connectivity index (χ0n) is 15.2. The van der Waals surface area contributed by atoms with Crippen LogP contribution in [0.4, 0.5) is 0 Å². The van der Waals surface area contributed by atoms with Gasteiger partial charge in [-0.1, -0.05) is 36.4 Å². The summed E-state index contributed by atoms with van der Waals surface area (Å²) in [6.45, 7) is 0.331. The molecular formula is C22H20O5. The van der Waals surface area contributed by atoms with E-state index in [1.807, 2.05) is 48.5 Å². The van der Waals surface area contributed by atoms with Crippen molar-refractivity contribution in [3.05, 3.63) is 77.4 Å². The first kappa shape index (κ1) is 17.2. The number of carbonyl (C=O) groups excluding carboxylic acids is 1. The highest BCUT2D eigenvalue weighted by Crippen LogP contribution is 2.41. The normalized spacial score (nSPS) is 21.5. The third-order valence-electron chi connectivity index (χ3n) is 4.77. The molecule has 0 bridgehead atoms. The number of methoxy groups -OCH3 is 2. The number of ketones is 1. The fourth-order valence-electron chi connectivity index (χ4n) is 3.52. The third-order valence-corrected chi connectivity index (χ3v) is 4.77. The Morgan fingerprint density at radius 3 is 2.59 bits per heavy atom. The monoisotopic (exact) mass is 364 g/mol. The van der Waals surface area contributed by atoms with E-state index >= 15 is 0 Å². The van der Waals surface area contributed by atoms with Crippen LogP contribution in [0.25, 0.3) is 5.57 Å². The van der Waals surface area contributed by atoms with Gasteiger partial charge in [0.05, 0.1) is 26.4 Å². The number of Topliss-reactive ketones (excluding diaryl/α,β-unsaturated/α-hetero) is 1. The predicted octanol–water partition coefficient (Wildman–Crippen LogP) is 3.74. The van der Waals surface area contributed by atoms with E-state index in [4.69, 9.17) is 18.9 Å². The van der Waals surface area contributed by atoms with E-state index in [2.05, 4.69) is 0 Å². The zero-order chi connectivity index (χ0) is 18.8.